The van der Waals surface area contributed by atoms with Crippen LogP contribution in [0, 0.1) is 17.8 Å². The van der Waals surface area contributed by atoms with Crippen molar-refractivity contribution in [1.29, 1.82) is 0 Å². The first-order valence-electron chi connectivity index (χ1n) is 11.4. The Morgan fingerprint density at radius 3 is 2.47 bits per heavy atom. The predicted octanol–water partition coefficient (Wildman–Crippen LogP) is 4.54. The van der Waals surface area contributed by atoms with Gasteiger partial charge in [0, 0.05) is 23.9 Å². The zero-order chi connectivity index (χ0) is 23.5. The van der Waals surface area contributed by atoms with Crippen LogP contribution in [-0.4, -0.2) is 25.2 Å². The van der Waals surface area contributed by atoms with Crippen LogP contribution in [0.2, 0.25) is 0 Å². The Morgan fingerprint density at radius 1 is 0.912 bits per heavy atom. The van der Waals surface area contributed by atoms with E-state index in [4.69, 9.17) is 18.6 Å². The molecule has 0 saturated heterocycles. The van der Waals surface area contributed by atoms with E-state index in [1.54, 1.807) is 42.5 Å². The summed E-state index contributed by atoms with van der Waals surface area (Å²) in [6.07, 6.45) is 6.92. The van der Waals surface area contributed by atoms with E-state index < -0.39 is 11.6 Å². The van der Waals surface area contributed by atoms with Crippen molar-refractivity contribution in [3.05, 3.63) is 82.7 Å². The van der Waals surface area contributed by atoms with Crippen LogP contribution in [-0.2, 0) is 9.53 Å². The highest BCUT2D eigenvalue weighted by Gasteiger charge is 2.40. The highest BCUT2D eigenvalue weighted by Crippen LogP contribution is 2.43. The van der Waals surface area contributed by atoms with Crippen molar-refractivity contribution in [2.24, 2.45) is 17.8 Å². The second kappa shape index (κ2) is 9.55. The van der Waals surface area contributed by atoms with Gasteiger partial charge in [0.25, 0.3) is 0 Å². The van der Waals surface area contributed by atoms with Crippen molar-refractivity contribution >= 4 is 22.9 Å². The lowest BCUT2D eigenvalue weighted by atomic mass is 9.94. The van der Waals surface area contributed by atoms with Gasteiger partial charge in [0.2, 0.25) is 0 Å². The molecule has 3 aromatic rings. The Bertz CT molecular complexity index is 1290. The number of hydrogen-bond donors (Lipinski definition) is 0. The molecule has 2 aliphatic carbocycles. The molecule has 0 aliphatic heterocycles. The molecule has 1 heterocycles. The van der Waals surface area contributed by atoms with E-state index in [9.17, 15) is 14.4 Å². The van der Waals surface area contributed by atoms with Gasteiger partial charge in [-0.2, -0.15) is 0 Å². The quantitative estimate of drug-likeness (QED) is 0.160. The summed E-state index contributed by atoms with van der Waals surface area (Å²) in [7, 11) is 0. The van der Waals surface area contributed by atoms with Crippen LogP contribution in [0.1, 0.15) is 29.6 Å². The third-order valence-corrected chi connectivity index (χ3v) is 6.28. The van der Waals surface area contributed by atoms with Crippen molar-refractivity contribution in [3.8, 4) is 11.5 Å². The normalized spacial score (nSPS) is 20.4. The number of fused-ring (bicyclic) bond motifs is 3. The second-order valence-electron chi connectivity index (χ2n) is 8.62. The smallest absolute Gasteiger partial charge is 0.343 e. The molecule has 7 heteroatoms. The van der Waals surface area contributed by atoms with Gasteiger partial charge in [-0.1, -0.05) is 12.2 Å². The van der Waals surface area contributed by atoms with Crippen molar-refractivity contribution in [2.45, 2.75) is 19.3 Å². The van der Waals surface area contributed by atoms with Crippen molar-refractivity contribution < 1.29 is 28.2 Å². The van der Waals surface area contributed by atoms with Gasteiger partial charge in [-0.3, -0.25) is 4.79 Å². The predicted molar refractivity (Wildman–Crippen MR) is 124 cm³/mol. The third kappa shape index (κ3) is 4.88. The summed E-state index contributed by atoms with van der Waals surface area (Å²) in [5, 5.41) is 0.735. The molecule has 0 N–H and O–H groups in total. The molecule has 174 valence electrons. The lowest BCUT2D eigenvalue weighted by Gasteiger charge is -2.16. The molecule has 34 heavy (non-hydrogen) atoms. The van der Waals surface area contributed by atoms with Crippen LogP contribution in [0.3, 0.4) is 0 Å². The van der Waals surface area contributed by atoms with Gasteiger partial charge in [0.05, 0.1) is 24.7 Å². The van der Waals surface area contributed by atoms with Crippen molar-refractivity contribution in [1.82, 2.24) is 0 Å². The number of ether oxygens (including phenoxy) is 3. The van der Waals surface area contributed by atoms with E-state index in [1.807, 2.05) is 0 Å². The number of benzene rings is 2. The first-order valence-corrected chi connectivity index (χ1v) is 11.4. The van der Waals surface area contributed by atoms with Gasteiger partial charge in [0.1, 0.15) is 17.1 Å². The van der Waals surface area contributed by atoms with E-state index in [0.717, 1.165) is 18.2 Å². The Hall–Kier alpha value is -3.87. The molecule has 5 rings (SSSR count). The Balaban J connectivity index is 1.06. The molecule has 2 bridgehead atoms. The van der Waals surface area contributed by atoms with Gasteiger partial charge in [-0.25, -0.2) is 9.59 Å². The first-order chi connectivity index (χ1) is 16.5. The Labute approximate surface area is 195 Å². The maximum atomic E-state index is 12.4. The maximum absolute atomic E-state index is 12.4. The number of esters is 2. The first kappa shape index (κ1) is 21.9. The minimum Gasteiger partial charge on any atom is -0.493 e. The van der Waals surface area contributed by atoms with Gasteiger partial charge in [0.15, 0.2) is 0 Å². The van der Waals surface area contributed by atoms with E-state index in [0.29, 0.717) is 48.4 Å². The van der Waals surface area contributed by atoms with Gasteiger partial charge in [-0.05, 0) is 67.1 Å². The SMILES string of the molecule is O=C(Oc1ccc2ccc(=O)oc2c1)c1ccc(OCCCOC(=O)C2CC3C=CC2C3)cc1. The monoisotopic (exact) mass is 460 g/mol. The number of carbonyl (C=O) groups is 2. The zero-order valence-electron chi connectivity index (χ0n) is 18.5. The number of hydrogen-bond acceptors (Lipinski definition) is 7. The highest BCUT2D eigenvalue weighted by atomic mass is 16.5. The maximum Gasteiger partial charge on any atom is 0.343 e. The minimum atomic E-state index is -0.536. The number of rotatable bonds is 8. The van der Waals surface area contributed by atoms with Crippen LogP contribution in [0.5, 0.6) is 11.5 Å². The van der Waals surface area contributed by atoms with Crippen molar-refractivity contribution in [3.63, 3.8) is 0 Å². The summed E-state index contributed by atoms with van der Waals surface area (Å²) in [4.78, 5) is 36.0. The Morgan fingerprint density at radius 2 is 1.71 bits per heavy atom. The Kier molecular flexibility index (Phi) is 6.16. The lowest BCUT2D eigenvalue weighted by Crippen LogP contribution is -2.22. The molecule has 0 spiro atoms. The van der Waals surface area contributed by atoms with E-state index in [2.05, 4.69) is 12.2 Å². The fraction of sp³-hybridized carbons (Fsp3) is 0.296. The van der Waals surface area contributed by atoms with Crippen LogP contribution in [0.25, 0.3) is 11.0 Å². The molecule has 3 atom stereocenters. The third-order valence-electron chi connectivity index (χ3n) is 6.28. The topological polar surface area (TPSA) is 92.0 Å². The molecule has 2 aromatic carbocycles. The van der Waals surface area contributed by atoms with E-state index >= 15 is 0 Å². The largest absolute Gasteiger partial charge is 0.493 e. The second-order valence-corrected chi connectivity index (χ2v) is 8.62. The summed E-state index contributed by atoms with van der Waals surface area (Å²) >= 11 is 0. The summed E-state index contributed by atoms with van der Waals surface area (Å²) in [6.45, 7) is 0.725. The molecule has 1 saturated carbocycles. The van der Waals surface area contributed by atoms with Gasteiger partial charge < -0.3 is 18.6 Å². The zero-order valence-corrected chi connectivity index (χ0v) is 18.5. The fourth-order valence-electron chi connectivity index (χ4n) is 4.54. The van der Waals surface area contributed by atoms with Crippen LogP contribution in [0.15, 0.2) is 76.0 Å². The number of allylic oxidation sites excluding steroid dienone is 2. The van der Waals surface area contributed by atoms with E-state index in [1.165, 1.54) is 12.1 Å². The average Bonchev–Trinajstić information content (AvgIpc) is 3.48. The van der Waals surface area contributed by atoms with Gasteiger partial charge >= 0.3 is 17.6 Å². The highest BCUT2D eigenvalue weighted by molar-refractivity contribution is 5.91. The van der Waals surface area contributed by atoms with Gasteiger partial charge in [-0.15, -0.1) is 0 Å². The van der Waals surface area contributed by atoms with Crippen LogP contribution >= 0.6 is 0 Å². The molecule has 7 nitrogen and oxygen atoms in total. The molecule has 1 fully saturated rings. The van der Waals surface area contributed by atoms with Crippen LogP contribution in [0.4, 0.5) is 0 Å². The summed E-state index contributed by atoms with van der Waals surface area (Å²) in [6, 6.07) is 14.4. The van der Waals surface area contributed by atoms with E-state index in [-0.39, 0.29) is 17.6 Å². The summed E-state index contributed by atoms with van der Waals surface area (Å²) < 4.78 is 21.6. The molecule has 0 radical (unpaired) electrons. The average molecular weight is 460 g/mol. The molecular weight excluding hydrogens is 436 g/mol. The fourth-order valence-corrected chi connectivity index (χ4v) is 4.54. The molecule has 3 unspecified atom stereocenters. The minimum absolute atomic E-state index is 0.0105. The lowest BCUT2D eigenvalue weighted by molar-refractivity contribution is -0.149. The standard InChI is InChI=1S/C27H24O7/c28-25-11-7-18-4-10-22(16-24(18)34-25)33-26(29)19-5-8-21(9-6-19)31-12-1-13-32-27(30)23-15-17-2-3-20(23)14-17/h2-11,16-17,20,23H,1,12-15H2. The molecular formula is C27H24O7. The summed E-state index contributed by atoms with van der Waals surface area (Å²) in [5.74, 6) is 1.15. The molecule has 1 aromatic heterocycles. The molecule has 2 aliphatic rings. The van der Waals surface area contributed by atoms with Crippen molar-refractivity contribution in [2.75, 3.05) is 13.2 Å². The molecule has 0 amide bonds. The summed E-state index contributed by atoms with van der Waals surface area (Å²) in [5.41, 5.74) is 0.234. The number of carbonyl (C=O) groups excluding carboxylic acids is 2. The van der Waals surface area contributed by atoms with Crippen LogP contribution < -0.4 is 15.1 Å².